The van der Waals surface area contributed by atoms with Crippen molar-refractivity contribution in [2.24, 2.45) is 0 Å². The number of hydrogen-bond donors (Lipinski definition) is 13. The molecule has 13 N–H and O–H groups in total. The lowest BCUT2D eigenvalue weighted by Crippen LogP contribution is -2.61. The van der Waals surface area contributed by atoms with Crippen LogP contribution in [0.2, 0.25) is 0 Å². The highest BCUT2D eigenvalue weighted by Gasteiger charge is 2.49. The van der Waals surface area contributed by atoms with Crippen LogP contribution in [0.3, 0.4) is 0 Å². The first-order chi connectivity index (χ1) is 32.0. The Morgan fingerprint density at radius 2 is 1.18 bits per heavy atom. The van der Waals surface area contributed by atoms with Crippen LogP contribution in [0, 0.1) is 0 Å². The number of carbonyl (C=O) groups is 1. The number of ether oxygens (including phenoxy) is 8. The molecule has 3 fully saturated rings. The summed E-state index contributed by atoms with van der Waals surface area (Å²) in [5.41, 5.74) is -1.13. The Labute approximate surface area is 377 Å². The summed E-state index contributed by atoms with van der Waals surface area (Å²) < 4.78 is 50.5. The summed E-state index contributed by atoms with van der Waals surface area (Å²) in [6.45, 7) is -2.42. The number of aliphatic hydroxyl groups excluding tert-OH is 11. The SMILES string of the molecule is COc1cc(/C=C/C(=O)OC2C(O)[C@H](O)[C@H](CO)O[C@H]2Oc2cc(O)c3c(=O)c(O[C@@H]4OC(CO)[C@@H](O)C(O)C4O)c(-c4ccc(O[C@@H]5OC(CO)[C@@H](O)C(O)C5O)cc4)oc3c2)ccc1O. The van der Waals surface area contributed by atoms with Crippen molar-refractivity contribution >= 4 is 23.0 Å². The molecule has 3 aliphatic rings. The largest absolute Gasteiger partial charge is 0.507 e. The van der Waals surface area contributed by atoms with Crippen molar-refractivity contribution in [1.82, 2.24) is 0 Å². The van der Waals surface area contributed by atoms with Crippen LogP contribution >= 0.6 is 0 Å². The second-order valence-corrected chi connectivity index (χ2v) is 15.6. The van der Waals surface area contributed by atoms with Crippen molar-refractivity contribution in [2.75, 3.05) is 26.9 Å². The van der Waals surface area contributed by atoms with Gasteiger partial charge in [-0.25, -0.2) is 4.79 Å². The molecule has 0 aliphatic carbocycles. The van der Waals surface area contributed by atoms with Crippen LogP contribution in [-0.4, -0.2) is 191 Å². The molecule has 0 bridgehead atoms. The Kier molecular flexibility index (Phi) is 15.2. The number of rotatable bonds is 14. The van der Waals surface area contributed by atoms with E-state index in [1.807, 2.05) is 0 Å². The predicted octanol–water partition coefficient (Wildman–Crippen LogP) is -3.32. The molecular weight excluding hydrogens is 900 g/mol. The monoisotopic (exact) mass is 948 g/mol. The first kappa shape index (κ1) is 49.2. The molecule has 0 spiro atoms. The fourth-order valence-electron chi connectivity index (χ4n) is 7.43. The Bertz CT molecular complexity index is 2440. The molecule has 15 atom stereocenters. The average molecular weight is 949 g/mol. The van der Waals surface area contributed by atoms with Crippen LogP contribution in [-0.2, 0) is 23.7 Å². The van der Waals surface area contributed by atoms with Crippen LogP contribution in [0.25, 0.3) is 28.4 Å². The molecule has 7 rings (SSSR count). The number of esters is 1. The average Bonchev–Trinajstić information content (AvgIpc) is 3.32. The van der Waals surface area contributed by atoms with Crippen LogP contribution in [0.5, 0.6) is 34.5 Å². The highest BCUT2D eigenvalue weighted by molar-refractivity contribution is 5.89. The number of phenols is 2. The molecule has 364 valence electrons. The van der Waals surface area contributed by atoms with Gasteiger partial charge in [0.15, 0.2) is 23.4 Å². The van der Waals surface area contributed by atoms with Crippen LogP contribution in [0.1, 0.15) is 5.56 Å². The van der Waals surface area contributed by atoms with E-state index in [9.17, 15) is 76.0 Å². The van der Waals surface area contributed by atoms with Gasteiger partial charge in [0.25, 0.3) is 0 Å². The Morgan fingerprint density at radius 3 is 1.76 bits per heavy atom. The highest BCUT2D eigenvalue weighted by atomic mass is 16.7. The van der Waals surface area contributed by atoms with E-state index in [4.69, 9.17) is 42.3 Å². The molecule has 0 amide bonds. The molecule has 0 saturated carbocycles. The van der Waals surface area contributed by atoms with Crippen molar-refractivity contribution in [3.63, 3.8) is 0 Å². The van der Waals surface area contributed by atoms with Crippen molar-refractivity contribution in [2.45, 2.75) is 92.1 Å². The standard InChI is InChI=1S/C43H48O24/c1-59-22-10-16(2-8-20(22)47)3-9-27(49)66-40-35(56)31(52)26(15-46)65-43(40)61-19-11-21(48)28-23(12-19)62-38(39(32(28)53)67-42-37(58)34(55)30(51)25(14-45)64-42)17-4-6-18(7-5-17)60-41-36(57)33(54)29(50)24(13-44)63-41/h2-12,24-26,29-31,33-37,40-48,50-52,54-58H,13-15H2,1H3/b9-3+/t24?,25?,26-,29+,30+,31+,33?,34?,35?,36?,37?,40?,41+,42-,43+/m0/s1. The minimum atomic E-state index is -2.01. The zero-order chi connectivity index (χ0) is 48.4. The van der Waals surface area contributed by atoms with Gasteiger partial charge in [0.05, 0.1) is 26.9 Å². The first-order valence-electron chi connectivity index (χ1n) is 20.4. The molecule has 8 unspecified atom stereocenters. The summed E-state index contributed by atoms with van der Waals surface area (Å²) in [6.07, 6.45) is -23.8. The van der Waals surface area contributed by atoms with E-state index < -0.39 is 152 Å². The van der Waals surface area contributed by atoms with Crippen LogP contribution < -0.4 is 24.4 Å². The van der Waals surface area contributed by atoms with Crippen LogP contribution in [0.4, 0.5) is 0 Å². The molecule has 67 heavy (non-hydrogen) atoms. The normalized spacial score (nSPS) is 32.2. The van der Waals surface area contributed by atoms with E-state index in [1.165, 1.54) is 55.7 Å². The quantitative estimate of drug-likeness (QED) is 0.0434. The van der Waals surface area contributed by atoms with E-state index >= 15 is 0 Å². The van der Waals surface area contributed by atoms with Gasteiger partial charge in [0.1, 0.15) is 95.4 Å². The maximum atomic E-state index is 14.3. The van der Waals surface area contributed by atoms with Gasteiger partial charge in [0, 0.05) is 23.8 Å². The van der Waals surface area contributed by atoms with Crippen LogP contribution in [0.15, 0.2) is 69.9 Å². The molecule has 24 heteroatoms. The van der Waals surface area contributed by atoms with Gasteiger partial charge in [-0.1, -0.05) is 6.07 Å². The van der Waals surface area contributed by atoms with Gasteiger partial charge in [-0.15, -0.1) is 0 Å². The van der Waals surface area contributed by atoms with Crippen molar-refractivity contribution < 1.29 is 113 Å². The van der Waals surface area contributed by atoms with Gasteiger partial charge >= 0.3 is 5.97 Å². The summed E-state index contributed by atoms with van der Waals surface area (Å²) in [5, 5.41) is 134. The number of phenolic OH excluding ortho intramolecular Hbond substituents is 2. The zero-order valence-electron chi connectivity index (χ0n) is 34.9. The molecular formula is C43H48O24. The number of fused-ring (bicyclic) bond motifs is 1. The Balaban J connectivity index is 1.23. The van der Waals surface area contributed by atoms with Gasteiger partial charge in [0.2, 0.25) is 30.0 Å². The molecule has 3 aliphatic heterocycles. The van der Waals surface area contributed by atoms with Gasteiger partial charge < -0.3 is 109 Å². The van der Waals surface area contributed by atoms with E-state index in [2.05, 4.69) is 0 Å². The first-order valence-corrected chi connectivity index (χ1v) is 20.4. The fraction of sp³-hybridized carbons (Fsp3) is 0.442. The van der Waals surface area contributed by atoms with E-state index in [0.29, 0.717) is 5.56 Å². The van der Waals surface area contributed by atoms with Gasteiger partial charge in [-0.3, -0.25) is 4.79 Å². The number of methoxy groups -OCH3 is 1. The second kappa shape index (κ2) is 20.7. The summed E-state index contributed by atoms with van der Waals surface area (Å²) in [4.78, 5) is 27.4. The molecule has 1 aromatic heterocycles. The van der Waals surface area contributed by atoms with Crippen molar-refractivity contribution in [3.05, 3.63) is 76.5 Å². The van der Waals surface area contributed by atoms with E-state index in [1.54, 1.807) is 0 Å². The third-order valence-electron chi connectivity index (χ3n) is 11.2. The fourth-order valence-corrected chi connectivity index (χ4v) is 7.43. The number of benzene rings is 3. The number of aromatic hydroxyl groups is 2. The molecule has 3 aromatic carbocycles. The zero-order valence-corrected chi connectivity index (χ0v) is 34.9. The molecule has 4 aromatic rings. The summed E-state index contributed by atoms with van der Waals surface area (Å²) in [5.74, 6) is -3.52. The summed E-state index contributed by atoms with van der Waals surface area (Å²) >= 11 is 0. The lowest BCUT2D eigenvalue weighted by Gasteiger charge is -2.41. The number of carbonyl (C=O) groups excluding carboxylic acids is 1. The minimum Gasteiger partial charge on any atom is -0.507 e. The number of hydrogen-bond acceptors (Lipinski definition) is 24. The van der Waals surface area contributed by atoms with Crippen molar-refractivity contribution in [3.8, 4) is 45.8 Å². The second-order valence-electron chi connectivity index (χ2n) is 15.6. The van der Waals surface area contributed by atoms with Gasteiger partial charge in [-0.2, -0.15) is 0 Å². The number of aliphatic hydroxyl groups is 11. The molecule has 4 heterocycles. The lowest BCUT2D eigenvalue weighted by molar-refractivity contribution is -0.281. The van der Waals surface area contributed by atoms with Crippen molar-refractivity contribution in [1.29, 1.82) is 0 Å². The Morgan fingerprint density at radius 1 is 0.627 bits per heavy atom. The van der Waals surface area contributed by atoms with E-state index in [-0.39, 0.29) is 28.6 Å². The third-order valence-corrected chi connectivity index (χ3v) is 11.2. The predicted molar refractivity (Wildman–Crippen MR) is 220 cm³/mol. The highest BCUT2D eigenvalue weighted by Crippen LogP contribution is 2.39. The maximum absolute atomic E-state index is 14.3. The topological polar surface area (TPSA) is 384 Å². The maximum Gasteiger partial charge on any atom is 0.331 e. The lowest BCUT2D eigenvalue weighted by atomic mass is 9.99. The minimum absolute atomic E-state index is 0.00912. The third kappa shape index (κ3) is 10.1. The Hall–Kier alpha value is -5.68. The molecule has 3 saturated heterocycles. The summed E-state index contributed by atoms with van der Waals surface area (Å²) in [7, 11) is 1.32. The van der Waals surface area contributed by atoms with E-state index in [0.717, 1.165) is 18.2 Å². The summed E-state index contributed by atoms with van der Waals surface area (Å²) in [6, 6.07) is 11.3. The van der Waals surface area contributed by atoms with Gasteiger partial charge in [-0.05, 0) is 48.0 Å². The molecule has 24 nitrogen and oxygen atoms in total. The molecule has 0 radical (unpaired) electrons. The smallest absolute Gasteiger partial charge is 0.331 e.